The largest absolute Gasteiger partial charge is 0.543 e. The lowest BCUT2D eigenvalue weighted by atomic mass is 9.75. The van der Waals surface area contributed by atoms with Gasteiger partial charge in [-0.3, -0.25) is 4.89 Å². The average molecular weight is 408 g/mol. The molecule has 0 radical (unpaired) electrons. The van der Waals surface area contributed by atoms with Crippen LogP contribution in [-0.4, -0.2) is 24.8 Å². The van der Waals surface area contributed by atoms with E-state index in [2.05, 4.69) is 42.5 Å². The Hall–Kier alpha value is -2.28. The van der Waals surface area contributed by atoms with Crippen molar-refractivity contribution < 1.29 is 33.9 Å². The van der Waals surface area contributed by atoms with Gasteiger partial charge in [0.05, 0.1) is 17.2 Å². The molecule has 1 fully saturated rings. The number of hydrogen-bond donors (Lipinski definition) is 0. The number of benzene rings is 1. The zero-order chi connectivity index (χ0) is 21.2. The first-order valence-electron chi connectivity index (χ1n) is 10.4. The van der Waals surface area contributed by atoms with Gasteiger partial charge in [0.15, 0.2) is 0 Å². The molecule has 0 spiro atoms. The van der Waals surface area contributed by atoms with Crippen LogP contribution >= 0.6 is 0 Å². The van der Waals surface area contributed by atoms with Gasteiger partial charge in [0.25, 0.3) is 0 Å². The van der Waals surface area contributed by atoms with Crippen molar-refractivity contribution in [2.45, 2.75) is 65.9 Å². The van der Waals surface area contributed by atoms with Crippen LogP contribution in [0.4, 0.5) is 4.79 Å². The number of carbonyl (C=O) groups excluding carboxylic acids is 2. The molecule has 29 heavy (non-hydrogen) atoms. The third-order valence-electron chi connectivity index (χ3n) is 5.28. The molecular weight excluding hydrogens is 376 g/mol. The minimum absolute atomic E-state index is 0.231. The molecule has 162 valence electrons. The van der Waals surface area contributed by atoms with E-state index in [1.165, 1.54) is 0 Å². The van der Waals surface area contributed by atoms with Crippen LogP contribution in [-0.2, 0) is 19.6 Å². The highest BCUT2D eigenvalue weighted by molar-refractivity contribution is 5.89. The summed E-state index contributed by atoms with van der Waals surface area (Å²) in [6, 6.07) is 6.42. The van der Waals surface area contributed by atoms with Crippen LogP contribution in [0.15, 0.2) is 24.3 Å². The maximum Gasteiger partial charge on any atom is 0.543 e. The van der Waals surface area contributed by atoms with E-state index in [9.17, 15) is 9.59 Å². The van der Waals surface area contributed by atoms with Crippen LogP contribution in [0, 0.1) is 17.8 Å². The number of carbonyl (C=O) groups is 2. The fourth-order valence-corrected chi connectivity index (χ4v) is 3.54. The molecule has 1 aliphatic carbocycles. The summed E-state index contributed by atoms with van der Waals surface area (Å²) in [6.07, 6.45) is 3.67. The number of hydrogen-bond acceptors (Lipinski definition) is 7. The lowest BCUT2D eigenvalue weighted by Crippen LogP contribution is -2.36. The van der Waals surface area contributed by atoms with Crippen molar-refractivity contribution in [3.8, 4) is 5.75 Å². The van der Waals surface area contributed by atoms with Gasteiger partial charge in [0.1, 0.15) is 11.9 Å². The molecule has 0 aromatic heterocycles. The van der Waals surface area contributed by atoms with E-state index in [4.69, 9.17) is 9.47 Å². The zero-order valence-corrected chi connectivity index (χ0v) is 17.7. The number of rotatable bonds is 9. The maximum absolute atomic E-state index is 12.0. The van der Waals surface area contributed by atoms with Crippen LogP contribution in [0.3, 0.4) is 0 Å². The monoisotopic (exact) mass is 408 g/mol. The van der Waals surface area contributed by atoms with E-state index in [-0.39, 0.29) is 17.6 Å². The quantitative estimate of drug-likeness (QED) is 0.231. The van der Waals surface area contributed by atoms with E-state index in [0.717, 1.165) is 32.1 Å². The second kappa shape index (κ2) is 11.7. The maximum atomic E-state index is 12.0. The van der Waals surface area contributed by atoms with E-state index in [0.29, 0.717) is 24.2 Å². The first kappa shape index (κ1) is 23.0. The normalized spacial score (nSPS) is 21.5. The molecule has 1 saturated carbocycles. The Balaban J connectivity index is 1.74. The van der Waals surface area contributed by atoms with Crippen LogP contribution in [0.25, 0.3) is 0 Å². The van der Waals surface area contributed by atoms with Gasteiger partial charge in [-0.1, -0.05) is 40.5 Å². The van der Waals surface area contributed by atoms with Crippen molar-refractivity contribution in [1.82, 2.24) is 0 Å². The summed E-state index contributed by atoms with van der Waals surface area (Å²) in [7, 11) is 0. The summed E-state index contributed by atoms with van der Waals surface area (Å²) in [5.41, 5.74) is 0.241. The van der Waals surface area contributed by atoms with Crippen molar-refractivity contribution in [3.05, 3.63) is 29.8 Å². The molecular formula is C22H32O7. The molecule has 0 heterocycles. The molecule has 7 heteroatoms. The molecule has 1 aromatic rings. The second-order valence-corrected chi connectivity index (χ2v) is 7.98. The highest BCUT2D eigenvalue weighted by Crippen LogP contribution is 2.35. The summed E-state index contributed by atoms with van der Waals surface area (Å²) < 4.78 is 10.9. The van der Waals surface area contributed by atoms with E-state index in [1.54, 1.807) is 24.3 Å². The third kappa shape index (κ3) is 7.57. The molecule has 0 bridgehead atoms. The minimum Gasteiger partial charge on any atom is -0.494 e. The Morgan fingerprint density at radius 1 is 1.10 bits per heavy atom. The molecule has 0 N–H and O–H groups in total. The first-order chi connectivity index (χ1) is 13.9. The van der Waals surface area contributed by atoms with E-state index >= 15 is 0 Å². The number of ether oxygens (including phenoxy) is 2. The van der Waals surface area contributed by atoms with Crippen molar-refractivity contribution >= 4 is 12.1 Å². The highest BCUT2D eigenvalue weighted by atomic mass is 17.5. The molecule has 1 aliphatic rings. The molecule has 1 aromatic carbocycles. The van der Waals surface area contributed by atoms with Crippen LogP contribution in [0.5, 0.6) is 5.75 Å². The Bertz CT molecular complexity index is 641. The van der Waals surface area contributed by atoms with Crippen molar-refractivity contribution in [2.75, 3.05) is 6.61 Å². The Kier molecular flexibility index (Phi) is 9.25. The fourth-order valence-electron chi connectivity index (χ4n) is 3.54. The van der Waals surface area contributed by atoms with Gasteiger partial charge in [-0.2, -0.15) is 0 Å². The van der Waals surface area contributed by atoms with Crippen LogP contribution in [0.1, 0.15) is 70.2 Å². The summed E-state index contributed by atoms with van der Waals surface area (Å²) in [6.45, 7) is 9.06. The predicted octanol–water partition coefficient (Wildman–Crippen LogP) is 5.48. The molecule has 2 rings (SSSR count). The van der Waals surface area contributed by atoms with Gasteiger partial charge >= 0.3 is 12.1 Å². The van der Waals surface area contributed by atoms with Crippen molar-refractivity contribution in [1.29, 1.82) is 0 Å². The van der Waals surface area contributed by atoms with E-state index in [1.807, 2.05) is 0 Å². The second-order valence-electron chi connectivity index (χ2n) is 7.98. The lowest BCUT2D eigenvalue weighted by molar-refractivity contribution is -0.453. The molecule has 0 saturated heterocycles. The van der Waals surface area contributed by atoms with Crippen molar-refractivity contribution in [2.24, 2.45) is 17.8 Å². The average Bonchev–Trinajstić information content (AvgIpc) is 2.68. The summed E-state index contributed by atoms with van der Waals surface area (Å²) >= 11 is 0. The molecule has 7 nitrogen and oxygen atoms in total. The standard InChI is InChI=1S/C22H32O7/c1-5-6-13-25-18-10-8-17(9-11-18)21(23)27-29-28-22(24)26-20-14-16(4)7-12-19(20)15(2)3/h8-11,15-16,19-20H,5-7,12-14H2,1-4H3. The van der Waals surface area contributed by atoms with Crippen LogP contribution in [0.2, 0.25) is 0 Å². The predicted molar refractivity (Wildman–Crippen MR) is 106 cm³/mol. The molecule has 3 unspecified atom stereocenters. The topological polar surface area (TPSA) is 80.3 Å². The zero-order valence-electron chi connectivity index (χ0n) is 17.7. The van der Waals surface area contributed by atoms with Gasteiger partial charge in [0, 0.05) is 0 Å². The third-order valence-corrected chi connectivity index (χ3v) is 5.28. The highest BCUT2D eigenvalue weighted by Gasteiger charge is 2.34. The molecule has 0 amide bonds. The smallest absolute Gasteiger partial charge is 0.494 e. The summed E-state index contributed by atoms with van der Waals surface area (Å²) in [4.78, 5) is 32.8. The van der Waals surface area contributed by atoms with Gasteiger partial charge in [-0.15, -0.1) is 0 Å². The van der Waals surface area contributed by atoms with Crippen molar-refractivity contribution in [3.63, 3.8) is 0 Å². The SMILES string of the molecule is CCCCOc1ccc(C(=O)OOOC(=O)OC2CC(C)CCC2C(C)C)cc1. The summed E-state index contributed by atoms with van der Waals surface area (Å²) in [5, 5.41) is 4.33. The Morgan fingerprint density at radius 2 is 1.83 bits per heavy atom. The Morgan fingerprint density at radius 3 is 2.48 bits per heavy atom. The lowest BCUT2D eigenvalue weighted by Gasteiger charge is -2.36. The fraction of sp³-hybridized carbons (Fsp3) is 0.636. The van der Waals surface area contributed by atoms with Gasteiger partial charge in [-0.05, 0) is 61.3 Å². The Labute approximate surface area is 172 Å². The van der Waals surface area contributed by atoms with E-state index < -0.39 is 12.1 Å². The minimum atomic E-state index is -1.01. The van der Waals surface area contributed by atoms with Gasteiger partial charge in [-0.25, -0.2) is 14.5 Å². The van der Waals surface area contributed by atoms with Gasteiger partial charge in [0.2, 0.25) is 0 Å². The summed E-state index contributed by atoms with van der Waals surface area (Å²) in [5.74, 6) is 1.03. The number of unbranched alkanes of at least 4 members (excludes halogenated alkanes) is 1. The van der Waals surface area contributed by atoms with Gasteiger partial charge < -0.3 is 9.47 Å². The van der Waals surface area contributed by atoms with Crippen LogP contribution < -0.4 is 4.74 Å². The first-order valence-corrected chi connectivity index (χ1v) is 10.4. The molecule has 0 aliphatic heterocycles. The molecule has 3 atom stereocenters.